The van der Waals surface area contributed by atoms with Gasteiger partial charge in [-0.05, 0) is 25.1 Å². The largest absolute Gasteiger partial charge is 0.467 e. The van der Waals surface area contributed by atoms with Crippen LogP contribution in [0.5, 0.6) is 0 Å². The second-order valence-corrected chi connectivity index (χ2v) is 4.68. The fraction of sp³-hybridized carbons (Fsp3) is 0.364. The van der Waals surface area contributed by atoms with E-state index >= 15 is 0 Å². The molecule has 0 spiro atoms. The fourth-order valence-corrected chi connectivity index (χ4v) is 2.07. The number of thioether (sulfide) groups is 1. The van der Waals surface area contributed by atoms with Crippen LogP contribution in [0.3, 0.4) is 0 Å². The van der Waals surface area contributed by atoms with Gasteiger partial charge in [0, 0.05) is 16.3 Å². The number of aliphatic hydroxyl groups is 1. The van der Waals surface area contributed by atoms with Gasteiger partial charge in [0.1, 0.15) is 0 Å². The quantitative estimate of drug-likeness (QED) is 0.472. The van der Waals surface area contributed by atoms with E-state index in [2.05, 4.69) is 4.74 Å². The summed E-state index contributed by atoms with van der Waals surface area (Å²) in [7, 11) is 1.25. The molecule has 0 aliphatic heterocycles. The van der Waals surface area contributed by atoms with Gasteiger partial charge in [0.15, 0.2) is 5.60 Å². The molecule has 0 aromatic heterocycles. The standard InChI is InChI=1S/C11H15NO3S/c1-11(14,10(13)15-2)7-16-9-5-3-4-8(12)6-9/h3-6,14H,7,12H2,1-2H3. The summed E-state index contributed by atoms with van der Waals surface area (Å²) >= 11 is 1.35. The maximum Gasteiger partial charge on any atom is 0.338 e. The molecular formula is C11H15NO3S. The maximum absolute atomic E-state index is 11.2. The van der Waals surface area contributed by atoms with Crippen LogP contribution >= 0.6 is 11.8 Å². The highest BCUT2D eigenvalue weighted by Crippen LogP contribution is 2.24. The number of hydrogen-bond donors (Lipinski definition) is 2. The predicted molar refractivity (Wildman–Crippen MR) is 64.2 cm³/mol. The van der Waals surface area contributed by atoms with Crippen molar-refractivity contribution in [1.82, 2.24) is 0 Å². The molecule has 0 aliphatic rings. The van der Waals surface area contributed by atoms with Gasteiger partial charge in [0.25, 0.3) is 0 Å². The summed E-state index contributed by atoms with van der Waals surface area (Å²) in [6.07, 6.45) is 0. The lowest BCUT2D eigenvalue weighted by Crippen LogP contribution is -2.38. The number of nitrogen functional groups attached to an aromatic ring is 1. The van der Waals surface area contributed by atoms with Crippen molar-refractivity contribution in [2.45, 2.75) is 17.4 Å². The van der Waals surface area contributed by atoms with E-state index < -0.39 is 11.6 Å². The van der Waals surface area contributed by atoms with Gasteiger partial charge < -0.3 is 15.6 Å². The minimum Gasteiger partial charge on any atom is -0.467 e. The lowest BCUT2D eigenvalue weighted by atomic mass is 10.1. The lowest BCUT2D eigenvalue weighted by Gasteiger charge is -2.19. The van der Waals surface area contributed by atoms with Gasteiger partial charge in [-0.1, -0.05) is 6.07 Å². The third-order valence-electron chi connectivity index (χ3n) is 2.00. The van der Waals surface area contributed by atoms with Crippen molar-refractivity contribution >= 4 is 23.4 Å². The van der Waals surface area contributed by atoms with E-state index in [0.29, 0.717) is 5.69 Å². The Morgan fingerprint density at radius 2 is 2.31 bits per heavy atom. The fourth-order valence-electron chi connectivity index (χ4n) is 1.11. The topological polar surface area (TPSA) is 72.5 Å². The molecule has 1 atom stereocenters. The monoisotopic (exact) mass is 241 g/mol. The molecule has 5 heteroatoms. The summed E-state index contributed by atoms with van der Waals surface area (Å²) in [6, 6.07) is 7.26. The maximum atomic E-state index is 11.2. The second kappa shape index (κ2) is 5.23. The Bertz CT molecular complexity index is 379. The number of hydrogen-bond acceptors (Lipinski definition) is 5. The van der Waals surface area contributed by atoms with Gasteiger partial charge in [-0.2, -0.15) is 0 Å². The van der Waals surface area contributed by atoms with Gasteiger partial charge in [0.05, 0.1) is 7.11 Å². The van der Waals surface area contributed by atoms with Crippen LogP contribution in [0.4, 0.5) is 5.69 Å². The van der Waals surface area contributed by atoms with Crippen molar-refractivity contribution in [3.8, 4) is 0 Å². The number of methoxy groups -OCH3 is 1. The molecule has 0 fully saturated rings. The number of benzene rings is 1. The van der Waals surface area contributed by atoms with Gasteiger partial charge in [-0.15, -0.1) is 11.8 Å². The number of rotatable bonds is 4. The van der Waals surface area contributed by atoms with Gasteiger partial charge in [0.2, 0.25) is 0 Å². The van der Waals surface area contributed by atoms with Crippen molar-refractivity contribution in [1.29, 1.82) is 0 Å². The molecule has 1 unspecified atom stereocenters. The minimum atomic E-state index is -1.48. The zero-order valence-electron chi connectivity index (χ0n) is 9.27. The Balaban J connectivity index is 2.61. The first-order valence-electron chi connectivity index (χ1n) is 4.75. The molecule has 4 nitrogen and oxygen atoms in total. The first kappa shape index (κ1) is 12.9. The normalized spacial score (nSPS) is 14.2. The van der Waals surface area contributed by atoms with Crippen LogP contribution < -0.4 is 5.73 Å². The van der Waals surface area contributed by atoms with E-state index in [4.69, 9.17) is 5.73 Å². The average Bonchev–Trinajstić information content (AvgIpc) is 2.25. The Morgan fingerprint density at radius 3 is 2.88 bits per heavy atom. The zero-order chi connectivity index (χ0) is 12.2. The molecule has 0 aliphatic carbocycles. The van der Waals surface area contributed by atoms with Gasteiger partial charge >= 0.3 is 5.97 Å². The average molecular weight is 241 g/mol. The van der Waals surface area contributed by atoms with E-state index in [0.717, 1.165) is 4.90 Å². The van der Waals surface area contributed by atoms with E-state index in [1.165, 1.54) is 25.8 Å². The van der Waals surface area contributed by atoms with Crippen LogP contribution in [-0.4, -0.2) is 29.5 Å². The minimum absolute atomic E-state index is 0.225. The van der Waals surface area contributed by atoms with Crippen LogP contribution in [0, 0.1) is 0 Å². The molecule has 16 heavy (non-hydrogen) atoms. The highest BCUT2D eigenvalue weighted by atomic mass is 32.2. The molecule has 1 aromatic rings. The molecule has 0 heterocycles. The Morgan fingerprint density at radius 1 is 1.62 bits per heavy atom. The van der Waals surface area contributed by atoms with Crippen LogP contribution in [0.25, 0.3) is 0 Å². The molecule has 0 saturated carbocycles. The summed E-state index contributed by atoms with van der Waals surface area (Å²) in [6.45, 7) is 1.43. The summed E-state index contributed by atoms with van der Waals surface area (Å²) in [4.78, 5) is 12.1. The summed E-state index contributed by atoms with van der Waals surface area (Å²) in [5.74, 6) is -0.410. The molecule has 1 rings (SSSR count). The molecular weight excluding hydrogens is 226 g/mol. The summed E-state index contributed by atoms with van der Waals surface area (Å²) in [5.41, 5.74) is 4.79. The number of nitrogens with two attached hydrogens (primary N) is 1. The Kier molecular flexibility index (Phi) is 4.20. The van der Waals surface area contributed by atoms with E-state index in [-0.39, 0.29) is 5.75 Å². The smallest absolute Gasteiger partial charge is 0.338 e. The molecule has 0 bridgehead atoms. The van der Waals surface area contributed by atoms with Crippen LogP contribution in [0.15, 0.2) is 29.2 Å². The molecule has 0 radical (unpaired) electrons. The zero-order valence-corrected chi connectivity index (χ0v) is 10.1. The Labute approximate surface area is 98.8 Å². The first-order valence-corrected chi connectivity index (χ1v) is 5.73. The molecule has 0 saturated heterocycles. The van der Waals surface area contributed by atoms with Crippen molar-refractivity contribution in [3.05, 3.63) is 24.3 Å². The van der Waals surface area contributed by atoms with E-state index in [1.54, 1.807) is 12.1 Å². The first-order chi connectivity index (χ1) is 7.45. The Hall–Kier alpha value is -1.20. The molecule has 0 amide bonds. The van der Waals surface area contributed by atoms with Crippen molar-refractivity contribution in [2.24, 2.45) is 0 Å². The second-order valence-electron chi connectivity index (χ2n) is 3.63. The van der Waals surface area contributed by atoms with Gasteiger partial charge in [-0.3, -0.25) is 0 Å². The van der Waals surface area contributed by atoms with Gasteiger partial charge in [-0.25, -0.2) is 4.79 Å². The molecule has 88 valence electrons. The lowest BCUT2D eigenvalue weighted by molar-refractivity contribution is -0.158. The molecule has 3 N–H and O–H groups in total. The summed E-state index contributed by atoms with van der Waals surface area (Å²) in [5, 5.41) is 9.79. The van der Waals surface area contributed by atoms with Crippen molar-refractivity contribution in [3.63, 3.8) is 0 Å². The third kappa shape index (κ3) is 3.43. The number of ether oxygens (including phenoxy) is 1. The van der Waals surface area contributed by atoms with Crippen molar-refractivity contribution < 1.29 is 14.6 Å². The summed E-state index contributed by atoms with van der Waals surface area (Å²) < 4.78 is 4.50. The highest BCUT2D eigenvalue weighted by molar-refractivity contribution is 7.99. The molecule has 1 aromatic carbocycles. The van der Waals surface area contributed by atoms with Crippen LogP contribution in [0.1, 0.15) is 6.92 Å². The highest BCUT2D eigenvalue weighted by Gasteiger charge is 2.31. The SMILES string of the molecule is COC(=O)C(C)(O)CSc1cccc(N)c1. The number of carbonyl (C=O) groups excluding carboxylic acids is 1. The number of anilines is 1. The number of carbonyl (C=O) groups is 1. The third-order valence-corrected chi connectivity index (χ3v) is 3.30. The van der Waals surface area contributed by atoms with E-state index in [9.17, 15) is 9.90 Å². The number of esters is 1. The van der Waals surface area contributed by atoms with Crippen LogP contribution in [0.2, 0.25) is 0 Å². The van der Waals surface area contributed by atoms with E-state index in [1.807, 2.05) is 12.1 Å². The predicted octanol–water partition coefficient (Wildman–Crippen LogP) is 1.28. The van der Waals surface area contributed by atoms with Crippen molar-refractivity contribution in [2.75, 3.05) is 18.6 Å². The van der Waals surface area contributed by atoms with Crippen LogP contribution in [-0.2, 0) is 9.53 Å².